The molecule has 2 rings (SSSR count). The number of esters is 1. The molecule has 0 saturated carbocycles. The molecule has 0 bridgehead atoms. The highest BCUT2D eigenvalue weighted by atomic mass is 32.2. The molecule has 1 heterocycles. The number of fused-ring (bicyclic) bond motifs is 1. The number of ether oxygens (including phenoxy) is 1. The fraction of sp³-hybridized carbons (Fsp3) is 0.385. The molecule has 1 aromatic carbocycles. The van der Waals surface area contributed by atoms with Crippen molar-refractivity contribution < 1.29 is 9.53 Å². The van der Waals surface area contributed by atoms with Gasteiger partial charge in [-0.1, -0.05) is 0 Å². The monoisotopic (exact) mass is 296 g/mol. The molecule has 1 aromatic heterocycles. The standard InChI is InChI=1S/C13H16N2O2S2/c1-13(2,3)17-10(16)6-18-8-4-5-9-12(11(8)14)15-7-19-9/h4-5,7H,6,14H2,1-3H3. The number of carbonyl (C=O) groups is 1. The first kappa shape index (κ1) is 14.1. The van der Waals surface area contributed by atoms with Crippen molar-refractivity contribution >= 4 is 45.0 Å². The summed E-state index contributed by atoms with van der Waals surface area (Å²) in [4.78, 5) is 16.8. The molecule has 0 saturated heterocycles. The maximum Gasteiger partial charge on any atom is 0.316 e. The lowest BCUT2D eigenvalue weighted by molar-refractivity contribution is -0.151. The Hall–Kier alpha value is -1.27. The zero-order valence-corrected chi connectivity index (χ0v) is 12.7. The van der Waals surface area contributed by atoms with Gasteiger partial charge in [-0.3, -0.25) is 4.79 Å². The fourth-order valence-corrected chi connectivity index (χ4v) is 3.01. The number of anilines is 1. The molecular formula is C13H16N2O2S2. The van der Waals surface area contributed by atoms with Gasteiger partial charge in [0.1, 0.15) is 11.1 Å². The van der Waals surface area contributed by atoms with Crippen molar-refractivity contribution in [2.75, 3.05) is 11.5 Å². The van der Waals surface area contributed by atoms with Crippen molar-refractivity contribution in [3.63, 3.8) is 0 Å². The third-order valence-electron chi connectivity index (χ3n) is 2.27. The summed E-state index contributed by atoms with van der Waals surface area (Å²) in [5, 5.41) is 0. The summed E-state index contributed by atoms with van der Waals surface area (Å²) in [5.41, 5.74) is 8.80. The van der Waals surface area contributed by atoms with Crippen molar-refractivity contribution in [3.8, 4) is 0 Å². The summed E-state index contributed by atoms with van der Waals surface area (Å²) in [6.45, 7) is 5.56. The van der Waals surface area contributed by atoms with Gasteiger partial charge in [0.25, 0.3) is 0 Å². The molecule has 0 atom stereocenters. The van der Waals surface area contributed by atoms with E-state index in [0.29, 0.717) is 5.69 Å². The van der Waals surface area contributed by atoms with Gasteiger partial charge in [0.05, 0.1) is 21.7 Å². The van der Waals surface area contributed by atoms with Crippen LogP contribution in [-0.2, 0) is 9.53 Å². The summed E-state index contributed by atoms with van der Waals surface area (Å²) in [7, 11) is 0. The van der Waals surface area contributed by atoms with E-state index >= 15 is 0 Å². The molecule has 0 spiro atoms. The third-order valence-corrected chi connectivity index (χ3v) is 4.11. The molecule has 102 valence electrons. The number of hydrogen-bond acceptors (Lipinski definition) is 6. The minimum Gasteiger partial charge on any atom is -0.459 e. The smallest absolute Gasteiger partial charge is 0.316 e. The zero-order valence-electron chi connectivity index (χ0n) is 11.1. The number of benzene rings is 1. The van der Waals surface area contributed by atoms with Gasteiger partial charge in [0.15, 0.2) is 0 Å². The lowest BCUT2D eigenvalue weighted by Gasteiger charge is -2.19. The molecule has 19 heavy (non-hydrogen) atoms. The van der Waals surface area contributed by atoms with Gasteiger partial charge in [0, 0.05) is 4.90 Å². The normalized spacial score (nSPS) is 11.7. The highest BCUT2D eigenvalue weighted by Crippen LogP contribution is 2.33. The number of nitrogens with two attached hydrogens (primary N) is 1. The van der Waals surface area contributed by atoms with Crippen LogP contribution in [0.3, 0.4) is 0 Å². The van der Waals surface area contributed by atoms with Crippen LogP contribution in [0.2, 0.25) is 0 Å². The Kier molecular flexibility index (Phi) is 4.01. The van der Waals surface area contributed by atoms with Crippen molar-refractivity contribution in [2.24, 2.45) is 0 Å². The van der Waals surface area contributed by atoms with Crippen LogP contribution in [0, 0.1) is 0 Å². The minimum atomic E-state index is -0.456. The van der Waals surface area contributed by atoms with Gasteiger partial charge < -0.3 is 10.5 Å². The second kappa shape index (κ2) is 5.38. The number of nitrogens with zero attached hydrogens (tertiary/aromatic N) is 1. The number of thioether (sulfide) groups is 1. The molecule has 4 nitrogen and oxygen atoms in total. The van der Waals surface area contributed by atoms with E-state index in [9.17, 15) is 4.79 Å². The Morgan fingerprint density at radius 1 is 1.47 bits per heavy atom. The first-order valence-corrected chi connectivity index (χ1v) is 7.69. The van der Waals surface area contributed by atoms with Crippen molar-refractivity contribution in [3.05, 3.63) is 17.6 Å². The summed E-state index contributed by atoms with van der Waals surface area (Å²) in [5.74, 6) is 0.00665. The first-order valence-electron chi connectivity index (χ1n) is 5.83. The van der Waals surface area contributed by atoms with Crippen molar-refractivity contribution in [2.45, 2.75) is 31.3 Å². The quantitative estimate of drug-likeness (QED) is 0.535. The lowest BCUT2D eigenvalue weighted by atomic mass is 10.2. The van der Waals surface area contributed by atoms with Crippen molar-refractivity contribution in [1.29, 1.82) is 0 Å². The molecule has 0 aliphatic rings. The van der Waals surface area contributed by atoms with Crippen molar-refractivity contribution in [1.82, 2.24) is 4.98 Å². The Morgan fingerprint density at radius 3 is 2.89 bits per heavy atom. The zero-order chi connectivity index (χ0) is 14.0. The van der Waals surface area contributed by atoms with Gasteiger partial charge in [-0.2, -0.15) is 0 Å². The molecule has 6 heteroatoms. The van der Waals surface area contributed by atoms with Crippen LogP contribution in [0.1, 0.15) is 20.8 Å². The maximum atomic E-state index is 11.7. The maximum absolute atomic E-state index is 11.7. The minimum absolute atomic E-state index is 0.240. The van der Waals surface area contributed by atoms with E-state index < -0.39 is 5.60 Å². The topological polar surface area (TPSA) is 65.2 Å². The number of rotatable bonds is 3. The fourth-order valence-electron chi connectivity index (χ4n) is 1.57. The van der Waals surface area contributed by atoms with Crippen LogP contribution in [0.25, 0.3) is 10.2 Å². The number of thiazole rings is 1. The molecule has 0 aliphatic carbocycles. The predicted octanol–water partition coefficient (Wildman–Crippen LogP) is 3.31. The summed E-state index contributed by atoms with van der Waals surface area (Å²) >= 11 is 2.93. The average molecular weight is 296 g/mol. The molecule has 2 aromatic rings. The number of hydrogen-bond donors (Lipinski definition) is 1. The summed E-state index contributed by atoms with van der Waals surface area (Å²) in [6.07, 6.45) is 0. The van der Waals surface area contributed by atoms with Crippen LogP contribution >= 0.6 is 23.1 Å². The van der Waals surface area contributed by atoms with Gasteiger partial charge >= 0.3 is 5.97 Å². The molecule has 0 fully saturated rings. The highest BCUT2D eigenvalue weighted by Gasteiger charge is 2.17. The number of nitrogen functional groups attached to an aromatic ring is 1. The number of aromatic nitrogens is 1. The van der Waals surface area contributed by atoms with Crippen LogP contribution in [0.5, 0.6) is 0 Å². The molecule has 2 N–H and O–H groups in total. The molecule has 0 amide bonds. The Morgan fingerprint density at radius 2 is 2.21 bits per heavy atom. The van der Waals surface area contributed by atoms with Crippen LogP contribution < -0.4 is 5.73 Å². The SMILES string of the molecule is CC(C)(C)OC(=O)CSc1ccc2scnc2c1N. The highest BCUT2D eigenvalue weighted by molar-refractivity contribution is 8.00. The van der Waals surface area contributed by atoms with Gasteiger partial charge in [-0.25, -0.2) is 4.98 Å². The first-order chi connectivity index (χ1) is 8.87. The Labute approximate surface area is 120 Å². The molecule has 0 aliphatic heterocycles. The van der Waals surface area contributed by atoms with E-state index in [2.05, 4.69) is 4.98 Å². The van der Waals surface area contributed by atoms with Gasteiger partial charge in [0.2, 0.25) is 0 Å². The van der Waals surface area contributed by atoms with Crippen LogP contribution in [0.15, 0.2) is 22.5 Å². The van der Waals surface area contributed by atoms with E-state index in [1.165, 1.54) is 11.8 Å². The summed E-state index contributed by atoms with van der Waals surface area (Å²) in [6, 6.07) is 3.89. The average Bonchev–Trinajstić information content (AvgIpc) is 2.74. The summed E-state index contributed by atoms with van der Waals surface area (Å²) < 4.78 is 6.31. The molecular weight excluding hydrogens is 280 g/mol. The van der Waals surface area contributed by atoms with Crippen LogP contribution in [-0.4, -0.2) is 22.3 Å². The van der Waals surface area contributed by atoms with E-state index in [4.69, 9.17) is 10.5 Å². The Bertz CT molecular complexity index is 602. The molecule has 0 unspecified atom stereocenters. The number of carbonyl (C=O) groups excluding carboxylic acids is 1. The van der Waals surface area contributed by atoms with E-state index in [1.807, 2.05) is 32.9 Å². The van der Waals surface area contributed by atoms with Gasteiger partial charge in [-0.15, -0.1) is 23.1 Å². The predicted molar refractivity (Wildman–Crippen MR) is 80.6 cm³/mol. The second-order valence-electron chi connectivity index (χ2n) is 5.05. The van der Waals surface area contributed by atoms with Crippen LogP contribution in [0.4, 0.5) is 5.69 Å². The molecule has 0 radical (unpaired) electrons. The Balaban J connectivity index is 2.06. The van der Waals surface area contributed by atoms with E-state index in [-0.39, 0.29) is 11.7 Å². The largest absolute Gasteiger partial charge is 0.459 e. The van der Waals surface area contributed by atoms with E-state index in [1.54, 1.807) is 16.8 Å². The van der Waals surface area contributed by atoms with Gasteiger partial charge in [-0.05, 0) is 32.9 Å². The van der Waals surface area contributed by atoms with E-state index in [0.717, 1.165) is 15.1 Å². The third kappa shape index (κ3) is 3.61. The lowest BCUT2D eigenvalue weighted by Crippen LogP contribution is -2.24. The second-order valence-corrected chi connectivity index (χ2v) is 6.96.